The van der Waals surface area contributed by atoms with Crippen LogP contribution < -0.4 is 0 Å². The van der Waals surface area contributed by atoms with Crippen molar-refractivity contribution in [3.8, 4) is 0 Å². The zero-order valence-electron chi connectivity index (χ0n) is 10.2. The molecule has 0 aliphatic carbocycles. The predicted molar refractivity (Wildman–Crippen MR) is 70.8 cm³/mol. The maximum Gasteiger partial charge on any atom is 0.219 e. The summed E-state index contributed by atoms with van der Waals surface area (Å²) in [5.74, 6) is 0.581. The van der Waals surface area contributed by atoms with Crippen LogP contribution in [0.2, 0.25) is 0 Å². The number of hydrogen-bond donors (Lipinski definition) is 0. The Hall–Kier alpha value is 0.160. The van der Waals surface area contributed by atoms with E-state index in [1.54, 1.807) is 11.8 Å². The van der Waals surface area contributed by atoms with E-state index in [1.165, 1.54) is 0 Å². The largest absolute Gasteiger partial charge is 0.479 e. The first-order valence-electron chi connectivity index (χ1n) is 5.65. The molecule has 0 amide bonds. The Balaban J connectivity index is 2.02. The lowest BCUT2D eigenvalue weighted by Gasteiger charge is -2.16. The highest BCUT2D eigenvalue weighted by molar-refractivity contribution is 8.22. The molecule has 1 aliphatic rings. The Kier molecular flexibility index (Phi) is 6.03. The summed E-state index contributed by atoms with van der Waals surface area (Å²) >= 11 is 6.62. The normalized spacial score (nSPS) is 23.3. The summed E-state index contributed by atoms with van der Waals surface area (Å²) in [5, 5.41) is 0. The third kappa shape index (κ3) is 5.48. The van der Waals surface area contributed by atoms with Crippen LogP contribution in [-0.4, -0.2) is 35.2 Å². The molecule has 0 saturated carbocycles. The van der Waals surface area contributed by atoms with Gasteiger partial charge in [0.15, 0.2) is 5.79 Å². The van der Waals surface area contributed by atoms with E-state index in [0.29, 0.717) is 17.6 Å². The second-order valence-corrected chi connectivity index (χ2v) is 5.82. The number of hydrogen-bond acceptors (Lipinski definition) is 5. The van der Waals surface area contributed by atoms with Crippen molar-refractivity contribution in [3.05, 3.63) is 0 Å². The summed E-state index contributed by atoms with van der Waals surface area (Å²) in [7, 11) is 0. The van der Waals surface area contributed by atoms with E-state index in [9.17, 15) is 0 Å². The van der Waals surface area contributed by atoms with Crippen molar-refractivity contribution in [2.24, 2.45) is 0 Å². The van der Waals surface area contributed by atoms with Crippen LogP contribution in [0.5, 0.6) is 0 Å². The average molecular weight is 264 g/mol. The average Bonchev–Trinajstić information content (AvgIpc) is 2.54. The van der Waals surface area contributed by atoms with Gasteiger partial charge >= 0.3 is 0 Å². The molecule has 1 unspecified atom stereocenters. The van der Waals surface area contributed by atoms with Gasteiger partial charge in [-0.3, -0.25) is 0 Å². The maximum absolute atomic E-state index is 5.71. The van der Waals surface area contributed by atoms with Crippen LogP contribution in [0.4, 0.5) is 0 Å². The molecule has 0 spiro atoms. The minimum absolute atomic E-state index is 0.233. The highest BCUT2D eigenvalue weighted by atomic mass is 32.2. The van der Waals surface area contributed by atoms with Crippen molar-refractivity contribution in [3.63, 3.8) is 0 Å². The summed E-state index contributed by atoms with van der Waals surface area (Å²) in [6.07, 6.45) is 2.32. The molecule has 1 fully saturated rings. The number of thiocarbonyl (C=S) groups is 1. The van der Waals surface area contributed by atoms with Crippen LogP contribution >= 0.6 is 24.0 Å². The van der Waals surface area contributed by atoms with E-state index in [-0.39, 0.29) is 6.10 Å². The van der Waals surface area contributed by atoms with E-state index < -0.39 is 5.79 Å². The second-order valence-electron chi connectivity index (χ2n) is 4.12. The van der Waals surface area contributed by atoms with Gasteiger partial charge in [0.2, 0.25) is 4.38 Å². The Labute approximate surface area is 107 Å². The maximum atomic E-state index is 5.71. The monoisotopic (exact) mass is 264 g/mol. The van der Waals surface area contributed by atoms with E-state index >= 15 is 0 Å². The highest BCUT2D eigenvalue weighted by Gasteiger charge is 2.31. The van der Waals surface area contributed by atoms with Gasteiger partial charge in [-0.1, -0.05) is 11.8 Å². The molecule has 0 radical (unpaired) electrons. The van der Waals surface area contributed by atoms with Crippen molar-refractivity contribution >= 4 is 28.4 Å². The molecule has 16 heavy (non-hydrogen) atoms. The molecule has 1 atom stereocenters. The first kappa shape index (κ1) is 14.2. The van der Waals surface area contributed by atoms with Crippen LogP contribution in [-0.2, 0) is 14.2 Å². The fourth-order valence-corrected chi connectivity index (χ4v) is 2.58. The minimum Gasteiger partial charge on any atom is -0.479 e. The van der Waals surface area contributed by atoms with Crippen molar-refractivity contribution in [1.82, 2.24) is 0 Å². The lowest BCUT2D eigenvalue weighted by Crippen LogP contribution is -2.21. The van der Waals surface area contributed by atoms with E-state index in [0.717, 1.165) is 18.6 Å². The summed E-state index contributed by atoms with van der Waals surface area (Å²) in [4.78, 5) is 0. The van der Waals surface area contributed by atoms with Gasteiger partial charge in [-0.2, -0.15) is 0 Å². The molecule has 1 rings (SSSR count). The molecule has 0 N–H and O–H groups in total. The number of rotatable bonds is 5. The van der Waals surface area contributed by atoms with E-state index in [1.807, 2.05) is 20.8 Å². The fourth-order valence-electron chi connectivity index (χ4n) is 1.53. The van der Waals surface area contributed by atoms with Crippen LogP contribution in [0.3, 0.4) is 0 Å². The molecule has 3 nitrogen and oxygen atoms in total. The summed E-state index contributed by atoms with van der Waals surface area (Å²) < 4.78 is 17.0. The summed E-state index contributed by atoms with van der Waals surface area (Å²) in [5.41, 5.74) is 0. The van der Waals surface area contributed by atoms with Gasteiger partial charge in [-0.15, -0.1) is 0 Å². The van der Waals surface area contributed by atoms with E-state index in [4.69, 9.17) is 26.4 Å². The Morgan fingerprint density at radius 1 is 1.56 bits per heavy atom. The Morgan fingerprint density at radius 2 is 2.31 bits per heavy atom. The smallest absolute Gasteiger partial charge is 0.219 e. The van der Waals surface area contributed by atoms with Gasteiger partial charge in [-0.05, 0) is 45.8 Å². The van der Waals surface area contributed by atoms with Gasteiger partial charge in [0, 0.05) is 5.75 Å². The van der Waals surface area contributed by atoms with Gasteiger partial charge < -0.3 is 14.2 Å². The molecule has 1 saturated heterocycles. The topological polar surface area (TPSA) is 27.7 Å². The highest BCUT2D eigenvalue weighted by Crippen LogP contribution is 2.25. The first-order valence-corrected chi connectivity index (χ1v) is 7.04. The first-order chi connectivity index (χ1) is 7.53. The van der Waals surface area contributed by atoms with Gasteiger partial charge in [0.25, 0.3) is 0 Å². The molecular formula is C11H20O3S2. The number of ether oxygens (including phenoxy) is 3. The zero-order valence-corrected chi connectivity index (χ0v) is 11.8. The van der Waals surface area contributed by atoms with E-state index in [2.05, 4.69) is 0 Å². The SMILES string of the molecule is CCOC(=S)SCCCC1COC(C)(C)O1. The minimum atomic E-state index is -0.404. The lowest BCUT2D eigenvalue weighted by molar-refractivity contribution is -0.138. The summed E-state index contributed by atoms with van der Waals surface area (Å²) in [6, 6.07) is 0. The second kappa shape index (κ2) is 6.79. The quantitative estimate of drug-likeness (QED) is 0.562. The molecule has 5 heteroatoms. The van der Waals surface area contributed by atoms with Crippen molar-refractivity contribution in [2.45, 2.75) is 45.5 Å². The van der Waals surface area contributed by atoms with Crippen molar-refractivity contribution in [1.29, 1.82) is 0 Å². The van der Waals surface area contributed by atoms with Crippen molar-refractivity contribution < 1.29 is 14.2 Å². The fraction of sp³-hybridized carbons (Fsp3) is 0.909. The van der Waals surface area contributed by atoms with Crippen LogP contribution in [0.1, 0.15) is 33.6 Å². The molecule has 0 aromatic carbocycles. The van der Waals surface area contributed by atoms with Gasteiger partial charge in [0.1, 0.15) is 0 Å². The standard InChI is InChI=1S/C11H20O3S2/c1-4-12-10(15)16-7-5-6-9-8-13-11(2,3)14-9/h9H,4-8H2,1-3H3. The Bertz CT molecular complexity index is 231. The van der Waals surface area contributed by atoms with Crippen LogP contribution in [0.15, 0.2) is 0 Å². The van der Waals surface area contributed by atoms with Gasteiger partial charge in [-0.25, -0.2) is 0 Å². The molecule has 0 aromatic rings. The third-order valence-electron chi connectivity index (χ3n) is 2.22. The third-order valence-corrected chi connectivity index (χ3v) is 3.54. The summed E-state index contributed by atoms with van der Waals surface area (Å²) in [6.45, 7) is 7.20. The van der Waals surface area contributed by atoms with Gasteiger partial charge in [0.05, 0.1) is 19.3 Å². The molecule has 0 aromatic heterocycles. The zero-order chi connectivity index (χ0) is 12.0. The molecule has 94 valence electrons. The Morgan fingerprint density at radius 3 is 2.88 bits per heavy atom. The molecule has 1 aliphatic heterocycles. The number of thioether (sulfide) groups is 1. The van der Waals surface area contributed by atoms with Crippen LogP contribution in [0, 0.1) is 0 Å². The van der Waals surface area contributed by atoms with Crippen molar-refractivity contribution in [2.75, 3.05) is 19.0 Å². The molecule has 0 bridgehead atoms. The lowest BCUT2D eigenvalue weighted by atomic mass is 10.2. The predicted octanol–water partition coefficient (Wildman–Crippen LogP) is 2.97. The van der Waals surface area contributed by atoms with Crippen LogP contribution in [0.25, 0.3) is 0 Å². The molecule has 1 heterocycles. The molecular weight excluding hydrogens is 244 g/mol.